The Bertz CT molecular complexity index is 349. The van der Waals surface area contributed by atoms with Gasteiger partial charge < -0.3 is 14.8 Å². The van der Waals surface area contributed by atoms with Crippen LogP contribution in [0.25, 0.3) is 0 Å². The van der Waals surface area contributed by atoms with E-state index in [4.69, 9.17) is 4.42 Å². The molecule has 0 aliphatic heterocycles. The Hall–Kier alpha value is -0.810. The van der Waals surface area contributed by atoms with Crippen molar-refractivity contribution in [2.45, 2.75) is 26.4 Å². The summed E-state index contributed by atoms with van der Waals surface area (Å²) in [4.78, 5) is 11.5. The number of aliphatic hydroxyl groups is 1. The molecule has 0 saturated heterocycles. The number of nitrogens with one attached hydrogen (secondary N) is 1. The standard InChI is InChI=1S/C11H16BrNO3/c1-7(2)3-9(14)5-13-11(15)8-4-10(12)16-6-8/h4,6-7,9,14H,3,5H2,1-2H3,(H,13,15). The van der Waals surface area contributed by atoms with Gasteiger partial charge in [0.2, 0.25) is 0 Å². The SMILES string of the molecule is CC(C)CC(O)CNC(=O)c1coc(Br)c1. The zero-order valence-corrected chi connectivity index (χ0v) is 11.0. The average molecular weight is 290 g/mol. The third-order valence-electron chi connectivity index (χ3n) is 2.07. The van der Waals surface area contributed by atoms with Gasteiger partial charge in [0.25, 0.3) is 5.91 Å². The third-order valence-corrected chi connectivity index (χ3v) is 2.49. The van der Waals surface area contributed by atoms with Gasteiger partial charge in [0.05, 0.1) is 11.7 Å². The summed E-state index contributed by atoms with van der Waals surface area (Å²) in [5.41, 5.74) is 0.448. The maximum atomic E-state index is 11.5. The first kappa shape index (κ1) is 13.3. The molecule has 90 valence electrons. The van der Waals surface area contributed by atoms with Crippen LogP contribution in [0.3, 0.4) is 0 Å². The highest BCUT2D eigenvalue weighted by Crippen LogP contribution is 2.13. The summed E-state index contributed by atoms with van der Waals surface area (Å²) in [6.07, 6.45) is 1.54. The summed E-state index contributed by atoms with van der Waals surface area (Å²) < 4.78 is 5.46. The van der Waals surface area contributed by atoms with Gasteiger partial charge in [-0.15, -0.1) is 0 Å². The van der Waals surface area contributed by atoms with E-state index in [0.717, 1.165) is 0 Å². The van der Waals surface area contributed by atoms with Crippen LogP contribution in [0.4, 0.5) is 0 Å². The summed E-state index contributed by atoms with van der Waals surface area (Å²) in [5, 5.41) is 12.2. The van der Waals surface area contributed by atoms with E-state index in [1.165, 1.54) is 6.26 Å². The molecule has 5 heteroatoms. The summed E-state index contributed by atoms with van der Waals surface area (Å²) >= 11 is 3.12. The summed E-state index contributed by atoms with van der Waals surface area (Å²) in [7, 11) is 0. The molecule has 1 atom stereocenters. The topological polar surface area (TPSA) is 62.5 Å². The molecular weight excluding hydrogens is 274 g/mol. The lowest BCUT2D eigenvalue weighted by Crippen LogP contribution is -2.32. The Balaban J connectivity index is 2.35. The average Bonchev–Trinajstić information content (AvgIpc) is 2.60. The summed E-state index contributed by atoms with van der Waals surface area (Å²) in [5.74, 6) is 0.173. The molecule has 0 aromatic carbocycles. The summed E-state index contributed by atoms with van der Waals surface area (Å²) in [6.45, 7) is 4.32. The van der Waals surface area contributed by atoms with Crippen molar-refractivity contribution in [3.8, 4) is 0 Å². The van der Waals surface area contributed by atoms with Crippen LogP contribution in [-0.4, -0.2) is 23.7 Å². The minimum Gasteiger partial charge on any atom is -0.457 e. The van der Waals surface area contributed by atoms with Crippen LogP contribution in [0.15, 0.2) is 21.4 Å². The number of amides is 1. The number of furan rings is 1. The monoisotopic (exact) mass is 289 g/mol. The minimum atomic E-state index is -0.501. The van der Waals surface area contributed by atoms with E-state index in [9.17, 15) is 9.90 Å². The first-order valence-electron chi connectivity index (χ1n) is 5.19. The number of hydrogen-bond donors (Lipinski definition) is 2. The van der Waals surface area contributed by atoms with Gasteiger partial charge in [0, 0.05) is 12.6 Å². The van der Waals surface area contributed by atoms with Crippen molar-refractivity contribution in [1.82, 2.24) is 5.32 Å². The van der Waals surface area contributed by atoms with E-state index in [0.29, 0.717) is 22.6 Å². The van der Waals surface area contributed by atoms with E-state index >= 15 is 0 Å². The molecule has 0 bridgehead atoms. The third kappa shape index (κ3) is 4.37. The molecule has 16 heavy (non-hydrogen) atoms. The second kappa shape index (κ2) is 6.06. The molecule has 1 aromatic heterocycles. The zero-order chi connectivity index (χ0) is 12.1. The molecule has 0 saturated carbocycles. The Morgan fingerprint density at radius 3 is 2.81 bits per heavy atom. The molecule has 0 aliphatic carbocycles. The molecule has 0 fully saturated rings. The van der Waals surface area contributed by atoms with Crippen LogP contribution >= 0.6 is 15.9 Å². The van der Waals surface area contributed by atoms with Crippen LogP contribution in [-0.2, 0) is 0 Å². The lowest BCUT2D eigenvalue weighted by Gasteiger charge is -2.13. The predicted molar refractivity (Wildman–Crippen MR) is 64.2 cm³/mol. The van der Waals surface area contributed by atoms with Crippen molar-refractivity contribution in [2.24, 2.45) is 5.92 Å². The molecule has 2 N–H and O–H groups in total. The van der Waals surface area contributed by atoms with Crippen LogP contribution in [0.5, 0.6) is 0 Å². The molecule has 0 aliphatic rings. The highest BCUT2D eigenvalue weighted by molar-refractivity contribution is 9.10. The first-order valence-corrected chi connectivity index (χ1v) is 5.98. The zero-order valence-electron chi connectivity index (χ0n) is 9.37. The van der Waals surface area contributed by atoms with E-state index in [1.807, 2.05) is 13.8 Å². The van der Waals surface area contributed by atoms with E-state index in [-0.39, 0.29) is 12.5 Å². The van der Waals surface area contributed by atoms with Crippen LogP contribution in [0, 0.1) is 5.92 Å². The van der Waals surface area contributed by atoms with Crippen molar-refractivity contribution in [3.63, 3.8) is 0 Å². The molecule has 0 radical (unpaired) electrons. The van der Waals surface area contributed by atoms with Crippen LogP contribution in [0.1, 0.15) is 30.6 Å². The Labute approximate surface area is 103 Å². The number of halogens is 1. The largest absolute Gasteiger partial charge is 0.457 e. The maximum Gasteiger partial charge on any atom is 0.254 e. The van der Waals surface area contributed by atoms with Gasteiger partial charge in [-0.2, -0.15) is 0 Å². The highest BCUT2D eigenvalue weighted by atomic mass is 79.9. The fourth-order valence-electron chi connectivity index (χ4n) is 1.37. The Morgan fingerprint density at radius 1 is 1.62 bits per heavy atom. The van der Waals surface area contributed by atoms with Crippen molar-refractivity contribution in [3.05, 3.63) is 22.6 Å². The molecular formula is C11H16BrNO3. The lowest BCUT2D eigenvalue weighted by molar-refractivity contribution is 0.0899. The van der Waals surface area contributed by atoms with Gasteiger partial charge in [0.15, 0.2) is 4.67 Å². The van der Waals surface area contributed by atoms with E-state index in [1.54, 1.807) is 6.07 Å². The van der Waals surface area contributed by atoms with Crippen molar-refractivity contribution >= 4 is 21.8 Å². The number of carbonyl (C=O) groups excluding carboxylic acids is 1. The number of rotatable bonds is 5. The fourth-order valence-corrected chi connectivity index (χ4v) is 1.71. The van der Waals surface area contributed by atoms with E-state index in [2.05, 4.69) is 21.2 Å². The Kier molecular flexibility index (Phi) is 5.02. The van der Waals surface area contributed by atoms with Gasteiger partial charge in [-0.25, -0.2) is 0 Å². The molecule has 1 heterocycles. The normalized spacial score (nSPS) is 12.8. The second-order valence-corrected chi connectivity index (χ2v) is 4.91. The minimum absolute atomic E-state index is 0.239. The Morgan fingerprint density at radius 2 is 2.31 bits per heavy atom. The van der Waals surface area contributed by atoms with Gasteiger partial charge in [-0.3, -0.25) is 4.79 Å². The van der Waals surface area contributed by atoms with Crippen LogP contribution in [0.2, 0.25) is 0 Å². The fraction of sp³-hybridized carbons (Fsp3) is 0.545. The second-order valence-electron chi connectivity index (χ2n) is 4.13. The molecule has 1 rings (SSSR count). The molecule has 1 unspecified atom stereocenters. The number of hydrogen-bond acceptors (Lipinski definition) is 3. The smallest absolute Gasteiger partial charge is 0.254 e. The van der Waals surface area contributed by atoms with Crippen molar-refractivity contribution < 1.29 is 14.3 Å². The lowest BCUT2D eigenvalue weighted by atomic mass is 10.1. The highest BCUT2D eigenvalue weighted by Gasteiger charge is 2.12. The number of aliphatic hydroxyl groups excluding tert-OH is 1. The quantitative estimate of drug-likeness (QED) is 0.873. The molecule has 1 amide bonds. The molecule has 1 aromatic rings. The van der Waals surface area contributed by atoms with Crippen molar-refractivity contribution in [2.75, 3.05) is 6.54 Å². The molecule has 0 spiro atoms. The first-order chi connectivity index (χ1) is 7.49. The van der Waals surface area contributed by atoms with Gasteiger partial charge in [-0.1, -0.05) is 13.8 Å². The summed E-state index contributed by atoms with van der Waals surface area (Å²) in [6, 6.07) is 1.59. The van der Waals surface area contributed by atoms with Gasteiger partial charge in [-0.05, 0) is 28.3 Å². The number of carbonyl (C=O) groups is 1. The predicted octanol–water partition coefficient (Wildman–Crippen LogP) is 2.18. The maximum absolute atomic E-state index is 11.5. The van der Waals surface area contributed by atoms with Crippen LogP contribution < -0.4 is 5.32 Å². The van der Waals surface area contributed by atoms with E-state index < -0.39 is 6.10 Å². The van der Waals surface area contributed by atoms with Gasteiger partial charge in [0.1, 0.15) is 6.26 Å². The molecule has 4 nitrogen and oxygen atoms in total. The van der Waals surface area contributed by atoms with Crippen molar-refractivity contribution in [1.29, 1.82) is 0 Å². The van der Waals surface area contributed by atoms with Gasteiger partial charge >= 0.3 is 0 Å².